The number of nitrogens with one attached hydrogen (secondary N) is 1. The fraction of sp³-hybridized carbons (Fsp3) is 0.353. The van der Waals surface area contributed by atoms with Crippen LogP contribution in [0.25, 0.3) is 0 Å². The van der Waals surface area contributed by atoms with Gasteiger partial charge >= 0.3 is 5.97 Å². The molecule has 0 aliphatic rings. The average molecular weight is 331 g/mol. The maximum absolute atomic E-state index is 12.4. The van der Waals surface area contributed by atoms with Crippen LogP contribution >= 0.6 is 0 Å². The highest BCUT2D eigenvalue weighted by Crippen LogP contribution is 2.22. The van der Waals surface area contributed by atoms with Gasteiger partial charge in [0.15, 0.2) is 5.69 Å². The number of carbonyl (C=O) groups excluding carboxylic acids is 2. The van der Waals surface area contributed by atoms with Crippen LogP contribution in [0.5, 0.6) is 5.75 Å². The van der Waals surface area contributed by atoms with Crippen LogP contribution in [0.15, 0.2) is 24.3 Å². The molecule has 2 rings (SSSR count). The number of aryl methyl sites for hydroxylation is 1. The summed E-state index contributed by atoms with van der Waals surface area (Å²) in [5.41, 5.74) is 1.52. The van der Waals surface area contributed by atoms with Crippen molar-refractivity contribution < 1.29 is 19.1 Å². The standard InChI is InChI=1S/C17H21N3O4/c1-10(2)24-13-8-6-12(7-9-13)16(21)18-14-11(3)20(4)19-15(14)17(22)23-5/h6-10H,1-5H3,(H,18,21). The first kappa shape index (κ1) is 17.5. The molecular weight excluding hydrogens is 310 g/mol. The number of esters is 1. The van der Waals surface area contributed by atoms with Crippen molar-refractivity contribution in [1.29, 1.82) is 0 Å². The Morgan fingerprint density at radius 1 is 1.21 bits per heavy atom. The van der Waals surface area contributed by atoms with Crippen LogP contribution < -0.4 is 10.1 Å². The van der Waals surface area contributed by atoms with Gasteiger partial charge in [0.25, 0.3) is 5.91 Å². The maximum Gasteiger partial charge on any atom is 0.360 e. The number of anilines is 1. The van der Waals surface area contributed by atoms with Gasteiger partial charge in [-0.2, -0.15) is 5.10 Å². The summed E-state index contributed by atoms with van der Waals surface area (Å²) < 4.78 is 11.8. The Kier molecular flexibility index (Phi) is 5.23. The highest BCUT2D eigenvalue weighted by atomic mass is 16.5. The van der Waals surface area contributed by atoms with Crippen LogP contribution in [0.1, 0.15) is 40.4 Å². The molecule has 0 radical (unpaired) electrons. The van der Waals surface area contributed by atoms with Crippen LogP contribution in [0.4, 0.5) is 5.69 Å². The summed E-state index contributed by atoms with van der Waals surface area (Å²) in [7, 11) is 2.96. The summed E-state index contributed by atoms with van der Waals surface area (Å²) in [5, 5.41) is 6.81. The number of hydrogen-bond donors (Lipinski definition) is 1. The van der Waals surface area contributed by atoms with Crippen LogP contribution in [0.3, 0.4) is 0 Å². The molecule has 0 saturated carbocycles. The smallest absolute Gasteiger partial charge is 0.360 e. The van der Waals surface area contributed by atoms with Gasteiger partial charge in [0.05, 0.1) is 24.6 Å². The number of benzene rings is 1. The molecule has 0 saturated heterocycles. The van der Waals surface area contributed by atoms with Gasteiger partial charge in [-0.3, -0.25) is 9.48 Å². The van der Waals surface area contributed by atoms with Crippen molar-refractivity contribution in [2.24, 2.45) is 7.05 Å². The first-order valence-electron chi connectivity index (χ1n) is 7.53. The van der Waals surface area contributed by atoms with E-state index in [1.807, 2.05) is 13.8 Å². The summed E-state index contributed by atoms with van der Waals surface area (Å²) in [6.45, 7) is 5.62. The van der Waals surface area contributed by atoms with Crippen molar-refractivity contribution in [3.63, 3.8) is 0 Å². The zero-order chi connectivity index (χ0) is 17.9. The van der Waals surface area contributed by atoms with E-state index in [1.54, 1.807) is 38.2 Å². The van der Waals surface area contributed by atoms with E-state index in [1.165, 1.54) is 11.8 Å². The SMILES string of the molecule is COC(=O)c1nn(C)c(C)c1NC(=O)c1ccc(OC(C)C)cc1. The summed E-state index contributed by atoms with van der Waals surface area (Å²) >= 11 is 0. The predicted molar refractivity (Wildman–Crippen MR) is 89.4 cm³/mol. The zero-order valence-electron chi connectivity index (χ0n) is 14.4. The lowest BCUT2D eigenvalue weighted by atomic mass is 10.2. The molecule has 128 valence electrons. The first-order chi connectivity index (χ1) is 11.3. The van der Waals surface area contributed by atoms with E-state index in [4.69, 9.17) is 9.47 Å². The van der Waals surface area contributed by atoms with Gasteiger partial charge < -0.3 is 14.8 Å². The molecule has 7 nitrogen and oxygen atoms in total. The summed E-state index contributed by atoms with van der Waals surface area (Å²) in [5.74, 6) is -0.253. The van der Waals surface area contributed by atoms with Crippen molar-refractivity contribution in [2.75, 3.05) is 12.4 Å². The number of rotatable bonds is 5. The minimum Gasteiger partial charge on any atom is -0.491 e. The van der Waals surface area contributed by atoms with Crippen molar-refractivity contribution in [3.05, 3.63) is 41.2 Å². The molecular formula is C17H21N3O4. The van der Waals surface area contributed by atoms with Crippen molar-refractivity contribution >= 4 is 17.6 Å². The fourth-order valence-corrected chi connectivity index (χ4v) is 2.14. The largest absolute Gasteiger partial charge is 0.491 e. The minimum absolute atomic E-state index is 0.0605. The fourth-order valence-electron chi connectivity index (χ4n) is 2.14. The van der Waals surface area contributed by atoms with Crippen LogP contribution in [-0.2, 0) is 11.8 Å². The lowest BCUT2D eigenvalue weighted by Gasteiger charge is -2.10. The number of ether oxygens (including phenoxy) is 2. The van der Waals surface area contributed by atoms with E-state index in [2.05, 4.69) is 10.4 Å². The Morgan fingerprint density at radius 2 is 1.83 bits per heavy atom. The Balaban J connectivity index is 2.22. The minimum atomic E-state index is -0.602. The molecule has 1 N–H and O–H groups in total. The highest BCUT2D eigenvalue weighted by molar-refractivity contribution is 6.08. The van der Waals surface area contributed by atoms with Gasteiger partial charge in [-0.1, -0.05) is 0 Å². The molecule has 0 unspecified atom stereocenters. The van der Waals surface area contributed by atoms with E-state index < -0.39 is 5.97 Å². The lowest BCUT2D eigenvalue weighted by Crippen LogP contribution is -2.15. The number of hydrogen-bond acceptors (Lipinski definition) is 5. The molecule has 0 fully saturated rings. The van der Waals surface area contributed by atoms with Gasteiger partial charge in [-0.15, -0.1) is 0 Å². The molecule has 1 aromatic heterocycles. The van der Waals surface area contributed by atoms with E-state index in [0.29, 0.717) is 22.7 Å². The van der Waals surface area contributed by atoms with E-state index >= 15 is 0 Å². The molecule has 1 amide bonds. The molecule has 1 heterocycles. The number of nitrogens with zero attached hydrogens (tertiary/aromatic N) is 2. The van der Waals surface area contributed by atoms with Gasteiger partial charge in [0.1, 0.15) is 5.75 Å². The molecule has 0 bridgehead atoms. The third kappa shape index (κ3) is 3.73. The van der Waals surface area contributed by atoms with Gasteiger partial charge in [-0.05, 0) is 45.0 Å². The van der Waals surface area contributed by atoms with E-state index in [-0.39, 0.29) is 17.7 Å². The summed E-state index contributed by atoms with van der Waals surface area (Å²) in [6.07, 6.45) is 0.0605. The molecule has 0 aliphatic heterocycles. The van der Waals surface area contributed by atoms with Crippen molar-refractivity contribution in [3.8, 4) is 5.75 Å². The second-order valence-electron chi connectivity index (χ2n) is 5.57. The Hall–Kier alpha value is -2.83. The maximum atomic E-state index is 12.4. The normalized spacial score (nSPS) is 10.6. The molecule has 0 spiro atoms. The van der Waals surface area contributed by atoms with Crippen LogP contribution in [-0.4, -0.2) is 34.9 Å². The van der Waals surface area contributed by atoms with Crippen LogP contribution in [0, 0.1) is 6.92 Å². The lowest BCUT2D eigenvalue weighted by molar-refractivity contribution is 0.0594. The number of carbonyl (C=O) groups is 2. The molecule has 1 aromatic carbocycles. The summed E-state index contributed by atoms with van der Waals surface area (Å²) in [4.78, 5) is 24.2. The van der Waals surface area contributed by atoms with Crippen LogP contribution in [0.2, 0.25) is 0 Å². The third-order valence-electron chi connectivity index (χ3n) is 3.44. The van der Waals surface area contributed by atoms with E-state index in [9.17, 15) is 9.59 Å². The van der Waals surface area contributed by atoms with Gasteiger partial charge in [0.2, 0.25) is 0 Å². The molecule has 0 aliphatic carbocycles. The summed E-state index contributed by atoms with van der Waals surface area (Å²) in [6, 6.07) is 6.78. The predicted octanol–water partition coefficient (Wildman–Crippen LogP) is 2.55. The van der Waals surface area contributed by atoms with E-state index in [0.717, 1.165) is 0 Å². The molecule has 0 atom stereocenters. The number of methoxy groups -OCH3 is 1. The Labute approximate surface area is 140 Å². The number of amides is 1. The van der Waals surface area contributed by atoms with Crippen molar-refractivity contribution in [2.45, 2.75) is 26.9 Å². The number of aromatic nitrogens is 2. The monoisotopic (exact) mass is 331 g/mol. The Bertz CT molecular complexity index is 748. The third-order valence-corrected chi connectivity index (χ3v) is 3.44. The molecule has 24 heavy (non-hydrogen) atoms. The van der Waals surface area contributed by atoms with Crippen molar-refractivity contribution in [1.82, 2.24) is 9.78 Å². The second-order valence-corrected chi connectivity index (χ2v) is 5.57. The molecule has 2 aromatic rings. The van der Waals surface area contributed by atoms with Gasteiger partial charge in [0, 0.05) is 12.6 Å². The second kappa shape index (κ2) is 7.16. The highest BCUT2D eigenvalue weighted by Gasteiger charge is 2.22. The quantitative estimate of drug-likeness (QED) is 0.852. The first-order valence-corrected chi connectivity index (χ1v) is 7.53. The molecule has 7 heteroatoms. The topological polar surface area (TPSA) is 82.5 Å². The van der Waals surface area contributed by atoms with Gasteiger partial charge in [-0.25, -0.2) is 4.79 Å². The zero-order valence-corrected chi connectivity index (χ0v) is 14.4. The average Bonchev–Trinajstić information content (AvgIpc) is 2.82. The Morgan fingerprint density at radius 3 is 2.38 bits per heavy atom.